The number of alkyl halides is 3. The summed E-state index contributed by atoms with van der Waals surface area (Å²) in [5.41, 5.74) is -1.57. The Balaban J connectivity index is 4.10. The van der Waals surface area contributed by atoms with Gasteiger partial charge in [-0.3, -0.25) is 0 Å². The number of rotatable bonds is 2. The van der Waals surface area contributed by atoms with Gasteiger partial charge in [0.2, 0.25) is 0 Å². The maximum Gasteiger partial charge on any atom is 0.393 e. The molecule has 0 unspecified atom stereocenters. The highest BCUT2D eigenvalue weighted by atomic mass is 19.4. The van der Waals surface area contributed by atoms with Gasteiger partial charge in [-0.05, 0) is 6.42 Å². The molecule has 0 bridgehead atoms. The third-order valence-corrected chi connectivity index (χ3v) is 1.57. The van der Waals surface area contributed by atoms with Gasteiger partial charge in [-0.25, -0.2) is 0 Å². The summed E-state index contributed by atoms with van der Waals surface area (Å²) in [5, 5.41) is 0. The molecule has 0 spiro atoms. The van der Waals surface area contributed by atoms with Crippen LogP contribution in [0.1, 0.15) is 26.7 Å². The molecule has 3 heteroatoms. The average Bonchev–Trinajstić information content (AvgIpc) is 1.61. The van der Waals surface area contributed by atoms with Crippen molar-refractivity contribution in [1.29, 1.82) is 0 Å². The second-order valence-corrected chi connectivity index (χ2v) is 2.99. The second-order valence-electron chi connectivity index (χ2n) is 2.99. The zero-order valence-electron chi connectivity index (χ0n) is 6.26. The Morgan fingerprint density at radius 2 is 1.60 bits per heavy atom. The van der Waals surface area contributed by atoms with Crippen molar-refractivity contribution in [3.05, 3.63) is 6.92 Å². The Morgan fingerprint density at radius 1 is 1.20 bits per heavy atom. The molecule has 0 rings (SSSR count). The fourth-order valence-corrected chi connectivity index (χ4v) is 0.584. The van der Waals surface area contributed by atoms with Crippen LogP contribution in [0.15, 0.2) is 0 Å². The maximum atomic E-state index is 12.0. The van der Waals surface area contributed by atoms with Gasteiger partial charge in [0, 0.05) is 0 Å². The van der Waals surface area contributed by atoms with E-state index in [1.165, 1.54) is 13.8 Å². The summed E-state index contributed by atoms with van der Waals surface area (Å²) in [6, 6.07) is 0. The molecular formula is C7H12F3. The minimum atomic E-state index is -4.09. The average molecular weight is 153 g/mol. The highest BCUT2D eigenvalue weighted by Gasteiger charge is 2.46. The summed E-state index contributed by atoms with van der Waals surface area (Å²) in [6.45, 7) is 5.77. The Morgan fingerprint density at radius 3 is 1.70 bits per heavy atom. The Labute approximate surface area is 59.4 Å². The minimum Gasteiger partial charge on any atom is -0.171 e. The molecule has 0 nitrogen and oxygen atoms in total. The van der Waals surface area contributed by atoms with E-state index in [0.717, 1.165) is 0 Å². The standard InChI is InChI=1S/C7H12F3/c1-4-5-6(2,3)7(8,9)10/h1,4-5H2,2-3H3. The van der Waals surface area contributed by atoms with Gasteiger partial charge in [-0.1, -0.05) is 27.2 Å². The lowest BCUT2D eigenvalue weighted by molar-refractivity contribution is -0.213. The van der Waals surface area contributed by atoms with Crippen molar-refractivity contribution in [3.63, 3.8) is 0 Å². The quantitative estimate of drug-likeness (QED) is 0.571. The first-order chi connectivity index (χ1) is 4.31. The van der Waals surface area contributed by atoms with Crippen LogP contribution < -0.4 is 0 Å². The minimum absolute atomic E-state index is 0.0938. The molecule has 1 radical (unpaired) electrons. The third-order valence-electron chi connectivity index (χ3n) is 1.57. The topological polar surface area (TPSA) is 0 Å². The van der Waals surface area contributed by atoms with Crippen molar-refractivity contribution in [2.24, 2.45) is 5.41 Å². The first-order valence-corrected chi connectivity index (χ1v) is 3.17. The molecule has 0 aliphatic heterocycles. The van der Waals surface area contributed by atoms with Crippen LogP contribution >= 0.6 is 0 Å². The van der Waals surface area contributed by atoms with Gasteiger partial charge in [0.05, 0.1) is 5.41 Å². The molecule has 0 aromatic carbocycles. The Hall–Kier alpha value is -0.210. The Kier molecular flexibility index (Phi) is 2.75. The first-order valence-electron chi connectivity index (χ1n) is 3.17. The third kappa shape index (κ3) is 2.20. The SMILES string of the molecule is [CH2]CCC(C)(C)C(F)(F)F. The Bertz CT molecular complexity index is 102. The van der Waals surface area contributed by atoms with Crippen LogP contribution in [0.5, 0.6) is 0 Å². The number of hydrogen-bond donors (Lipinski definition) is 0. The molecular weight excluding hydrogens is 141 g/mol. The van der Waals surface area contributed by atoms with E-state index in [0.29, 0.717) is 6.42 Å². The molecule has 0 saturated carbocycles. The molecule has 0 atom stereocenters. The highest BCUT2D eigenvalue weighted by molar-refractivity contribution is 4.76. The lowest BCUT2D eigenvalue weighted by atomic mass is 9.87. The summed E-state index contributed by atoms with van der Waals surface area (Å²) in [4.78, 5) is 0. The molecule has 0 aliphatic rings. The van der Waals surface area contributed by atoms with Gasteiger partial charge in [0.1, 0.15) is 0 Å². The molecule has 0 saturated heterocycles. The van der Waals surface area contributed by atoms with Crippen LogP contribution in [-0.4, -0.2) is 6.18 Å². The van der Waals surface area contributed by atoms with E-state index in [9.17, 15) is 13.2 Å². The summed E-state index contributed by atoms with van der Waals surface area (Å²) < 4.78 is 36.0. The van der Waals surface area contributed by atoms with Crippen LogP contribution in [0.4, 0.5) is 13.2 Å². The summed E-state index contributed by atoms with van der Waals surface area (Å²) in [7, 11) is 0. The van der Waals surface area contributed by atoms with Crippen molar-refractivity contribution in [1.82, 2.24) is 0 Å². The van der Waals surface area contributed by atoms with Crippen molar-refractivity contribution in [3.8, 4) is 0 Å². The molecule has 0 heterocycles. The fourth-order valence-electron chi connectivity index (χ4n) is 0.584. The van der Waals surface area contributed by atoms with E-state index in [4.69, 9.17) is 0 Å². The molecule has 0 amide bonds. The largest absolute Gasteiger partial charge is 0.393 e. The van der Waals surface area contributed by atoms with Crippen molar-refractivity contribution in [2.75, 3.05) is 0 Å². The van der Waals surface area contributed by atoms with Crippen LogP contribution in [0.25, 0.3) is 0 Å². The number of hydrogen-bond acceptors (Lipinski definition) is 0. The molecule has 0 aromatic rings. The summed E-state index contributed by atoms with van der Waals surface area (Å²) in [6.07, 6.45) is -3.67. The molecule has 0 N–H and O–H groups in total. The smallest absolute Gasteiger partial charge is 0.171 e. The van der Waals surface area contributed by atoms with Gasteiger partial charge in [0.25, 0.3) is 0 Å². The summed E-state index contributed by atoms with van der Waals surface area (Å²) in [5.74, 6) is 0. The second kappa shape index (κ2) is 2.81. The van der Waals surface area contributed by atoms with Gasteiger partial charge >= 0.3 is 6.18 Å². The highest BCUT2D eigenvalue weighted by Crippen LogP contribution is 2.40. The van der Waals surface area contributed by atoms with Gasteiger partial charge < -0.3 is 0 Å². The monoisotopic (exact) mass is 153 g/mol. The van der Waals surface area contributed by atoms with Gasteiger partial charge in [-0.15, -0.1) is 0 Å². The lowest BCUT2D eigenvalue weighted by Gasteiger charge is -2.26. The lowest BCUT2D eigenvalue weighted by Crippen LogP contribution is -2.31. The zero-order chi connectivity index (χ0) is 8.41. The molecule has 61 valence electrons. The van der Waals surface area contributed by atoms with E-state index >= 15 is 0 Å². The van der Waals surface area contributed by atoms with Crippen LogP contribution in [0, 0.1) is 12.3 Å². The molecule has 0 aromatic heterocycles. The van der Waals surface area contributed by atoms with Crippen molar-refractivity contribution < 1.29 is 13.2 Å². The molecule has 0 fully saturated rings. The van der Waals surface area contributed by atoms with Crippen molar-refractivity contribution in [2.45, 2.75) is 32.9 Å². The zero-order valence-corrected chi connectivity index (χ0v) is 6.26. The van der Waals surface area contributed by atoms with Gasteiger partial charge in [-0.2, -0.15) is 13.2 Å². The molecule has 0 aliphatic carbocycles. The summed E-state index contributed by atoms with van der Waals surface area (Å²) >= 11 is 0. The fraction of sp³-hybridized carbons (Fsp3) is 0.857. The van der Waals surface area contributed by atoms with Crippen LogP contribution in [0.3, 0.4) is 0 Å². The van der Waals surface area contributed by atoms with Crippen LogP contribution in [0.2, 0.25) is 0 Å². The van der Waals surface area contributed by atoms with E-state index in [2.05, 4.69) is 6.92 Å². The first kappa shape index (κ1) is 9.79. The van der Waals surface area contributed by atoms with Gasteiger partial charge in [0.15, 0.2) is 0 Å². The molecule has 10 heavy (non-hydrogen) atoms. The normalized spacial score (nSPS) is 13.8. The predicted octanol–water partition coefficient (Wildman–Crippen LogP) is 3.19. The van der Waals surface area contributed by atoms with E-state index in [1.54, 1.807) is 0 Å². The van der Waals surface area contributed by atoms with E-state index in [1.807, 2.05) is 0 Å². The predicted molar refractivity (Wildman–Crippen MR) is 34.4 cm³/mol. The van der Waals surface area contributed by atoms with E-state index in [-0.39, 0.29) is 6.42 Å². The van der Waals surface area contributed by atoms with Crippen LogP contribution in [-0.2, 0) is 0 Å². The van der Waals surface area contributed by atoms with Crippen molar-refractivity contribution >= 4 is 0 Å². The van der Waals surface area contributed by atoms with E-state index < -0.39 is 11.6 Å². The number of halogens is 3. The maximum absolute atomic E-state index is 12.0.